The molecule has 88 valence electrons. The first-order valence-electron chi connectivity index (χ1n) is 4.98. The van der Waals surface area contributed by atoms with Crippen LogP contribution in [-0.2, 0) is 11.2 Å². The zero-order chi connectivity index (χ0) is 12.1. The number of hydrogen-bond donors (Lipinski definition) is 2. The van der Waals surface area contributed by atoms with Crippen molar-refractivity contribution in [3.05, 3.63) is 33.8 Å². The second-order valence-corrected chi connectivity index (χ2v) is 4.41. The number of nitrogens with two attached hydrogens (primary N) is 1. The molecule has 1 aromatic carbocycles. The molecule has 0 saturated heterocycles. The molecule has 0 heterocycles. The monoisotopic (exact) mass is 260 g/mol. The van der Waals surface area contributed by atoms with Crippen molar-refractivity contribution in [3.8, 4) is 0 Å². The predicted octanol–water partition coefficient (Wildman–Crippen LogP) is 2.00. The van der Waals surface area contributed by atoms with E-state index in [4.69, 9.17) is 28.9 Å². The fourth-order valence-electron chi connectivity index (χ4n) is 1.21. The van der Waals surface area contributed by atoms with Crippen molar-refractivity contribution in [2.45, 2.75) is 19.4 Å². The van der Waals surface area contributed by atoms with Gasteiger partial charge in [-0.2, -0.15) is 0 Å². The molecule has 1 atom stereocenters. The number of hydrogen-bond acceptors (Lipinski definition) is 2. The van der Waals surface area contributed by atoms with E-state index in [-0.39, 0.29) is 5.91 Å². The van der Waals surface area contributed by atoms with E-state index in [9.17, 15) is 4.79 Å². The van der Waals surface area contributed by atoms with Crippen molar-refractivity contribution < 1.29 is 4.79 Å². The highest BCUT2D eigenvalue weighted by atomic mass is 35.5. The second kappa shape index (κ2) is 6.09. The van der Waals surface area contributed by atoms with Crippen molar-refractivity contribution in [1.82, 2.24) is 5.32 Å². The molecule has 0 radical (unpaired) electrons. The average molecular weight is 261 g/mol. The van der Waals surface area contributed by atoms with Crippen LogP contribution in [0.25, 0.3) is 0 Å². The van der Waals surface area contributed by atoms with Crippen molar-refractivity contribution in [1.29, 1.82) is 0 Å². The lowest BCUT2D eigenvalue weighted by molar-refractivity contribution is -0.121. The Kier molecular flexibility index (Phi) is 5.06. The smallest absolute Gasteiger partial charge is 0.236 e. The van der Waals surface area contributed by atoms with Gasteiger partial charge in [0, 0.05) is 16.6 Å². The summed E-state index contributed by atoms with van der Waals surface area (Å²) in [5.41, 5.74) is 6.36. The van der Waals surface area contributed by atoms with E-state index in [2.05, 4.69) is 5.32 Å². The van der Waals surface area contributed by atoms with E-state index in [1.165, 1.54) is 0 Å². The molecule has 0 fully saturated rings. The third kappa shape index (κ3) is 4.00. The van der Waals surface area contributed by atoms with Crippen LogP contribution in [0.15, 0.2) is 18.2 Å². The Morgan fingerprint density at radius 2 is 2.19 bits per heavy atom. The molecule has 0 spiro atoms. The Bertz CT molecular complexity index is 380. The summed E-state index contributed by atoms with van der Waals surface area (Å²) in [7, 11) is 0. The van der Waals surface area contributed by atoms with Crippen LogP contribution in [-0.4, -0.2) is 18.5 Å². The molecule has 0 aliphatic heterocycles. The van der Waals surface area contributed by atoms with E-state index in [1.807, 2.05) is 6.07 Å². The van der Waals surface area contributed by atoms with Gasteiger partial charge in [0.25, 0.3) is 0 Å². The van der Waals surface area contributed by atoms with Gasteiger partial charge < -0.3 is 11.1 Å². The van der Waals surface area contributed by atoms with Crippen LogP contribution in [0.5, 0.6) is 0 Å². The van der Waals surface area contributed by atoms with Crippen LogP contribution in [0, 0.1) is 0 Å². The zero-order valence-electron chi connectivity index (χ0n) is 8.97. The fraction of sp³-hybridized carbons (Fsp3) is 0.364. The molecule has 5 heteroatoms. The van der Waals surface area contributed by atoms with E-state index in [0.717, 1.165) is 5.56 Å². The van der Waals surface area contributed by atoms with Crippen molar-refractivity contribution in [2.75, 3.05) is 6.54 Å². The zero-order valence-corrected chi connectivity index (χ0v) is 10.5. The fourth-order valence-corrected chi connectivity index (χ4v) is 1.71. The SMILES string of the molecule is C[C@H](N)C(=O)NCCc1ccc(Cl)cc1Cl. The minimum absolute atomic E-state index is 0.162. The Morgan fingerprint density at radius 3 is 2.75 bits per heavy atom. The summed E-state index contributed by atoms with van der Waals surface area (Å²) < 4.78 is 0. The van der Waals surface area contributed by atoms with Gasteiger partial charge in [-0.1, -0.05) is 29.3 Å². The predicted molar refractivity (Wildman–Crippen MR) is 66.8 cm³/mol. The summed E-state index contributed by atoms with van der Waals surface area (Å²) in [6, 6.07) is 4.82. The molecule has 0 unspecified atom stereocenters. The van der Waals surface area contributed by atoms with Crippen molar-refractivity contribution in [2.24, 2.45) is 5.73 Å². The summed E-state index contributed by atoms with van der Waals surface area (Å²) >= 11 is 11.8. The van der Waals surface area contributed by atoms with Gasteiger partial charge in [-0.05, 0) is 31.0 Å². The van der Waals surface area contributed by atoms with Crippen LogP contribution >= 0.6 is 23.2 Å². The Morgan fingerprint density at radius 1 is 1.50 bits per heavy atom. The van der Waals surface area contributed by atoms with Gasteiger partial charge in [0.05, 0.1) is 6.04 Å². The van der Waals surface area contributed by atoms with Gasteiger partial charge in [-0.15, -0.1) is 0 Å². The van der Waals surface area contributed by atoms with Gasteiger partial charge in [-0.25, -0.2) is 0 Å². The first-order valence-corrected chi connectivity index (χ1v) is 5.73. The van der Waals surface area contributed by atoms with Gasteiger partial charge in [0.15, 0.2) is 0 Å². The molecule has 1 rings (SSSR count). The number of nitrogens with one attached hydrogen (secondary N) is 1. The van der Waals surface area contributed by atoms with E-state index in [1.54, 1.807) is 19.1 Å². The van der Waals surface area contributed by atoms with Crippen LogP contribution in [0.1, 0.15) is 12.5 Å². The molecule has 16 heavy (non-hydrogen) atoms. The molecule has 0 aliphatic carbocycles. The number of rotatable bonds is 4. The first kappa shape index (κ1) is 13.3. The average Bonchev–Trinajstić information content (AvgIpc) is 2.20. The molecule has 0 bridgehead atoms. The molecule has 1 aromatic rings. The first-order chi connectivity index (χ1) is 7.50. The van der Waals surface area contributed by atoms with Crippen molar-refractivity contribution >= 4 is 29.1 Å². The number of carbonyl (C=O) groups excluding carboxylic acids is 1. The topological polar surface area (TPSA) is 55.1 Å². The molecule has 3 nitrogen and oxygen atoms in total. The number of benzene rings is 1. The molecule has 0 aliphatic rings. The van der Waals surface area contributed by atoms with Gasteiger partial charge in [0.2, 0.25) is 5.91 Å². The maximum Gasteiger partial charge on any atom is 0.236 e. The third-order valence-electron chi connectivity index (χ3n) is 2.12. The van der Waals surface area contributed by atoms with Gasteiger partial charge >= 0.3 is 0 Å². The van der Waals surface area contributed by atoms with Gasteiger partial charge in [0.1, 0.15) is 0 Å². The minimum atomic E-state index is -0.485. The second-order valence-electron chi connectivity index (χ2n) is 3.57. The van der Waals surface area contributed by atoms with Crippen LogP contribution in [0.4, 0.5) is 0 Å². The summed E-state index contributed by atoms with van der Waals surface area (Å²) in [4.78, 5) is 11.2. The highest BCUT2D eigenvalue weighted by molar-refractivity contribution is 6.35. The largest absolute Gasteiger partial charge is 0.354 e. The van der Waals surface area contributed by atoms with Crippen molar-refractivity contribution in [3.63, 3.8) is 0 Å². The normalized spacial score (nSPS) is 12.2. The van der Waals surface area contributed by atoms with E-state index in [0.29, 0.717) is 23.0 Å². The Labute approximate surface area is 105 Å². The maximum atomic E-state index is 11.2. The number of amides is 1. The van der Waals surface area contributed by atoms with Crippen LogP contribution < -0.4 is 11.1 Å². The third-order valence-corrected chi connectivity index (χ3v) is 2.71. The molecular weight excluding hydrogens is 247 g/mol. The molecule has 0 aromatic heterocycles. The van der Waals surface area contributed by atoms with E-state index < -0.39 is 6.04 Å². The highest BCUT2D eigenvalue weighted by Gasteiger charge is 2.06. The molecular formula is C11H14Cl2N2O. The molecule has 0 saturated carbocycles. The lowest BCUT2D eigenvalue weighted by Crippen LogP contribution is -2.39. The maximum absolute atomic E-state index is 11.2. The summed E-state index contributed by atoms with van der Waals surface area (Å²) in [6.07, 6.45) is 0.661. The highest BCUT2D eigenvalue weighted by Crippen LogP contribution is 2.20. The summed E-state index contributed by atoms with van der Waals surface area (Å²) in [6.45, 7) is 2.16. The number of halogens is 2. The Balaban J connectivity index is 2.46. The van der Waals surface area contributed by atoms with Gasteiger partial charge in [-0.3, -0.25) is 4.79 Å². The minimum Gasteiger partial charge on any atom is -0.354 e. The number of carbonyl (C=O) groups is 1. The summed E-state index contributed by atoms with van der Waals surface area (Å²) in [5, 5.41) is 3.94. The van der Waals surface area contributed by atoms with Crippen LogP contribution in [0.3, 0.4) is 0 Å². The molecule has 3 N–H and O–H groups in total. The molecule has 1 amide bonds. The lowest BCUT2D eigenvalue weighted by atomic mass is 10.1. The van der Waals surface area contributed by atoms with E-state index >= 15 is 0 Å². The summed E-state index contributed by atoms with van der Waals surface area (Å²) in [5.74, 6) is -0.162. The quantitative estimate of drug-likeness (QED) is 0.870. The Hall–Kier alpha value is -0.770. The standard InChI is InChI=1S/C11H14Cl2N2O/c1-7(14)11(16)15-5-4-8-2-3-9(12)6-10(8)13/h2-3,6-7H,4-5,14H2,1H3,(H,15,16)/t7-/m0/s1. The van der Waals surface area contributed by atoms with Crippen LogP contribution in [0.2, 0.25) is 10.0 Å². The lowest BCUT2D eigenvalue weighted by Gasteiger charge is -2.08.